The van der Waals surface area contributed by atoms with Crippen molar-refractivity contribution in [2.75, 3.05) is 51.7 Å². The van der Waals surface area contributed by atoms with Crippen LogP contribution in [0.2, 0.25) is 5.02 Å². The molecule has 30 heavy (non-hydrogen) atoms. The summed E-state index contributed by atoms with van der Waals surface area (Å²) >= 11 is 6.09. The van der Waals surface area contributed by atoms with Crippen molar-refractivity contribution in [2.24, 2.45) is 10.9 Å². The van der Waals surface area contributed by atoms with Gasteiger partial charge in [-0.05, 0) is 30.5 Å². The summed E-state index contributed by atoms with van der Waals surface area (Å²) in [5.74, 6) is 1.25. The van der Waals surface area contributed by atoms with E-state index in [9.17, 15) is 4.79 Å². The maximum atomic E-state index is 12.2. The Bertz CT molecular complexity index is 702. The molecule has 1 aliphatic heterocycles. The van der Waals surface area contributed by atoms with E-state index in [1.54, 1.807) is 7.05 Å². The van der Waals surface area contributed by atoms with Gasteiger partial charge in [0.1, 0.15) is 0 Å². The van der Waals surface area contributed by atoms with E-state index >= 15 is 0 Å². The van der Waals surface area contributed by atoms with E-state index < -0.39 is 0 Å². The fraction of sp³-hybridized carbons (Fsp3) is 0.619. The maximum Gasteiger partial charge on any atom is 0.226 e. The first-order valence-electron chi connectivity index (χ1n) is 10.2. The molecule has 1 heterocycles. The molecule has 2 rings (SSSR count). The summed E-state index contributed by atoms with van der Waals surface area (Å²) in [5.41, 5.74) is 1.61. The van der Waals surface area contributed by atoms with Gasteiger partial charge in [0, 0.05) is 56.9 Å². The maximum absolute atomic E-state index is 12.2. The van der Waals surface area contributed by atoms with Crippen LogP contribution in [-0.2, 0) is 9.53 Å². The Morgan fingerprint density at radius 3 is 2.83 bits per heavy atom. The van der Waals surface area contributed by atoms with Gasteiger partial charge in [0.05, 0.1) is 12.7 Å². The molecule has 0 aromatic heterocycles. The molecule has 1 aromatic carbocycles. The third kappa shape index (κ3) is 9.36. The van der Waals surface area contributed by atoms with E-state index in [0.717, 1.165) is 37.5 Å². The van der Waals surface area contributed by atoms with E-state index in [1.165, 1.54) is 0 Å². The zero-order valence-electron chi connectivity index (χ0n) is 18.3. The molecule has 0 radical (unpaired) electrons. The normalized spacial score (nSPS) is 17.4. The van der Waals surface area contributed by atoms with Gasteiger partial charge in [-0.3, -0.25) is 14.7 Å². The lowest BCUT2D eigenvalue weighted by Gasteiger charge is -2.34. The molecule has 0 spiro atoms. The van der Waals surface area contributed by atoms with Gasteiger partial charge in [0.25, 0.3) is 0 Å². The fourth-order valence-electron chi connectivity index (χ4n) is 3.27. The highest BCUT2D eigenvalue weighted by Crippen LogP contribution is 2.22. The monoisotopic (exact) mass is 551 g/mol. The van der Waals surface area contributed by atoms with Gasteiger partial charge in [-0.1, -0.05) is 31.5 Å². The molecule has 7 nitrogen and oxygen atoms in total. The van der Waals surface area contributed by atoms with E-state index in [-0.39, 0.29) is 36.0 Å². The second-order valence-corrected chi connectivity index (χ2v) is 8.14. The Kier molecular flexibility index (Phi) is 12.6. The van der Waals surface area contributed by atoms with Crippen molar-refractivity contribution < 1.29 is 9.53 Å². The summed E-state index contributed by atoms with van der Waals surface area (Å²) in [6.45, 7) is 11.3. The topological polar surface area (TPSA) is 78.0 Å². The number of carbonyl (C=O) groups is 1. The van der Waals surface area contributed by atoms with E-state index in [4.69, 9.17) is 16.3 Å². The van der Waals surface area contributed by atoms with Crippen LogP contribution in [0, 0.1) is 12.8 Å². The molecule has 170 valence electrons. The van der Waals surface area contributed by atoms with Crippen molar-refractivity contribution in [3.8, 4) is 0 Å². The van der Waals surface area contributed by atoms with Crippen molar-refractivity contribution >= 4 is 53.1 Å². The predicted octanol–water partition coefficient (Wildman–Crippen LogP) is 3.12. The molecule has 1 aliphatic rings. The SMILES string of the molecule is CN=C(NCCC(=O)Nc1cccc(Cl)c1C)NCC1CN(CC(C)C)CCO1.I. The number of nitrogens with zero attached hydrogens (tertiary/aromatic N) is 2. The number of benzene rings is 1. The Morgan fingerprint density at radius 2 is 2.13 bits per heavy atom. The molecule has 0 bridgehead atoms. The number of morpholine rings is 1. The summed E-state index contributed by atoms with van der Waals surface area (Å²) in [6.07, 6.45) is 0.463. The quantitative estimate of drug-likeness (QED) is 0.263. The Morgan fingerprint density at radius 1 is 1.37 bits per heavy atom. The number of hydrogen-bond acceptors (Lipinski definition) is 4. The number of halogens is 2. The highest BCUT2D eigenvalue weighted by atomic mass is 127. The minimum atomic E-state index is -0.0711. The number of guanidine groups is 1. The molecule has 1 aromatic rings. The lowest BCUT2D eigenvalue weighted by molar-refractivity contribution is -0.116. The molecule has 1 atom stereocenters. The second-order valence-electron chi connectivity index (χ2n) is 7.74. The minimum absolute atomic E-state index is 0. The van der Waals surface area contributed by atoms with E-state index in [1.807, 2.05) is 25.1 Å². The van der Waals surface area contributed by atoms with Crippen molar-refractivity contribution in [2.45, 2.75) is 33.3 Å². The van der Waals surface area contributed by atoms with Crippen LogP contribution in [0.3, 0.4) is 0 Å². The molecular formula is C21H35ClIN5O2. The van der Waals surface area contributed by atoms with Crippen molar-refractivity contribution in [1.82, 2.24) is 15.5 Å². The van der Waals surface area contributed by atoms with Gasteiger partial charge in [-0.25, -0.2) is 0 Å². The standard InChI is InChI=1S/C21H34ClN5O2.HI/c1-15(2)13-27-10-11-29-17(14-27)12-25-21(23-4)24-9-8-20(28)26-19-7-5-6-18(22)16(19)3;/h5-7,15,17H,8-14H2,1-4H3,(H,26,28)(H2,23,24,25);1H. The van der Waals surface area contributed by atoms with Crippen LogP contribution in [0.1, 0.15) is 25.8 Å². The second kappa shape index (κ2) is 14.1. The first-order valence-corrected chi connectivity index (χ1v) is 10.6. The highest BCUT2D eigenvalue weighted by Gasteiger charge is 2.21. The third-order valence-corrected chi connectivity index (χ3v) is 5.16. The number of anilines is 1. The molecular weight excluding hydrogens is 517 g/mol. The fourth-order valence-corrected chi connectivity index (χ4v) is 3.44. The molecule has 9 heteroatoms. The van der Waals surface area contributed by atoms with Crippen LogP contribution >= 0.6 is 35.6 Å². The Labute approximate surface area is 202 Å². The van der Waals surface area contributed by atoms with Crippen LogP contribution in [0.15, 0.2) is 23.2 Å². The lowest BCUT2D eigenvalue weighted by Crippen LogP contribution is -2.50. The van der Waals surface area contributed by atoms with Gasteiger partial charge in [-0.2, -0.15) is 0 Å². The highest BCUT2D eigenvalue weighted by molar-refractivity contribution is 14.0. The van der Waals surface area contributed by atoms with E-state index in [2.05, 4.69) is 39.7 Å². The molecule has 3 N–H and O–H groups in total. The number of carbonyl (C=O) groups excluding carboxylic acids is 1. The first-order chi connectivity index (χ1) is 13.9. The Balaban J connectivity index is 0.00000450. The number of aliphatic imine (C=N–C) groups is 1. The lowest BCUT2D eigenvalue weighted by atomic mass is 10.2. The molecule has 0 aliphatic carbocycles. The zero-order valence-corrected chi connectivity index (χ0v) is 21.4. The van der Waals surface area contributed by atoms with Crippen molar-refractivity contribution in [1.29, 1.82) is 0 Å². The summed E-state index contributed by atoms with van der Waals surface area (Å²) < 4.78 is 5.85. The van der Waals surface area contributed by atoms with Crippen LogP contribution in [0.4, 0.5) is 5.69 Å². The number of ether oxygens (including phenoxy) is 1. The third-order valence-electron chi connectivity index (χ3n) is 4.75. The number of nitrogens with one attached hydrogen (secondary N) is 3. The largest absolute Gasteiger partial charge is 0.374 e. The van der Waals surface area contributed by atoms with Crippen LogP contribution < -0.4 is 16.0 Å². The number of hydrogen-bond donors (Lipinski definition) is 3. The average molecular weight is 552 g/mol. The van der Waals surface area contributed by atoms with E-state index in [0.29, 0.717) is 36.4 Å². The smallest absolute Gasteiger partial charge is 0.226 e. The van der Waals surface area contributed by atoms with Gasteiger partial charge in [0.15, 0.2) is 5.96 Å². The van der Waals surface area contributed by atoms with Gasteiger partial charge < -0.3 is 20.7 Å². The molecule has 1 saturated heterocycles. The zero-order chi connectivity index (χ0) is 21.2. The molecule has 0 saturated carbocycles. The van der Waals surface area contributed by atoms with Crippen LogP contribution in [0.5, 0.6) is 0 Å². The van der Waals surface area contributed by atoms with Gasteiger partial charge in [0.2, 0.25) is 5.91 Å². The van der Waals surface area contributed by atoms with Crippen molar-refractivity contribution in [3.05, 3.63) is 28.8 Å². The summed E-state index contributed by atoms with van der Waals surface area (Å²) in [4.78, 5) is 18.9. The predicted molar refractivity (Wildman–Crippen MR) is 135 cm³/mol. The molecule has 1 amide bonds. The van der Waals surface area contributed by atoms with Gasteiger partial charge >= 0.3 is 0 Å². The minimum Gasteiger partial charge on any atom is -0.374 e. The number of amides is 1. The van der Waals surface area contributed by atoms with Gasteiger partial charge in [-0.15, -0.1) is 24.0 Å². The first kappa shape index (κ1) is 26.9. The number of rotatable bonds is 8. The van der Waals surface area contributed by atoms with Crippen LogP contribution in [0.25, 0.3) is 0 Å². The van der Waals surface area contributed by atoms with Crippen molar-refractivity contribution in [3.63, 3.8) is 0 Å². The Hall–Kier alpha value is -1.10. The summed E-state index contributed by atoms with van der Waals surface area (Å²) in [6, 6.07) is 5.48. The summed E-state index contributed by atoms with van der Waals surface area (Å²) in [5, 5.41) is 10.0. The molecule has 1 unspecified atom stereocenters. The van der Waals surface area contributed by atoms with Crippen LogP contribution in [-0.4, -0.2) is 69.2 Å². The average Bonchev–Trinajstić information content (AvgIpc) is 2.68. The summed E-state index contributed by atoms with van der Waals surface area (Å²) in [7, 11) is 1.72. The molecule has 1 fully saturated rings.